The molecule has 1 atom stereocenters. The van der Waals surface area contributed by atoms with Crippen LogP contribution in [0.2, 0.25) is 0 Å². The zero-order chi connectivity index (χ0) is 11.5. The number of carbonyl (C=O) groups is 1. The summed E-state index contributed by atoms with van der Waals surface area (Å²) in [6.45, 7) is 1.92. The van der Waals surface area contributed by atoms with Gasteiger partial charge in [0.05, 0.1) is 5.56 Å². The summed E-state index contributed by atoms with van der Waals surface area (Å²) in [5, 5.41) is 2.97. The first kappa shape index (κ1) is 10.9. The lowest BCUT2D eigenvalue weighted by Crippen LogP contribution is -2.36. The normalized spacial score (nSPS) is 20.9. The lowest BCUT2D eigenvalue weighted by molar-refractivity contribution is 0.0939. The Balaban J connectivity index is 2.01. The van der Waals surface area contributed by atoms with Crippen molar-refractivity contribution in [3.63, 3.8) is 0 Å². The van der Waals surface area contributed by atoms with E-state index in [2.05, 4.69) is 15.2 Å². The minimum atomic E-state index is -0.133. The van der Waals surface area contributed by atoms with Crippen molar-refractivity contribution in [1.82, 2.24) is 15.2 Å². The van der Waals surface area contributed by atoms with E-state index < -0.39 is 0 Å². The number of hydrogen-bond acceptors (Lipinski definition) is 4. The van der Waals surface area contributed by atoms with Gasteiger partial charge in [-0.15, -0.1) is 0 Å². The summed E-state index contributed by atoms with van der Waals surface area (Å²) in [5.74, 6) is -0.133. The molecule has 2 heterocycles. The van der Waals surface area contributed by atoms with Gasteiger partial charge in [-0.3, -0.25) is 9.78 Å². The number of nitrogens with zero attached hydrogens (tertiary/aromatic N) is 2. The van der Waals surface area contributed by atoms with Crippen molar-refractivity contribution in [3.8, 4) is 0 Å². The van der Waals surface area contributed by atoms with Gasteiger partial charge < -0.3 is 16.0 Å². The number of carbonyl (C=O) groups excluding carboxylic acids is 1. The fraction of sp³-hybridized carbons (Fsp3) is 0.455. The molecule has 1 unspecified atom stereocenters. The van der Waals surface area contributed by atoms with Gasteiger partial charge >= 0.3 is 0 Å². The van der Waals surface area contributed by atoms with Gasteiger partial charge in [0.25, 0.3) is 5.91 Å². The number of nitrogens with two attached hydrogens (primary N) is 1. The molecule has 1 aromatic heterocycles. The van der Waals surface area contributed by atoms with Crippen molar-refractivity contribution >= 4 is 11.6 Å². The predicted octanol–water partition coefficient (Wildman–Crippen LogP) is 0.0977. The molecule has 0 radical (unpaired) electrons. The molecule has 1 aliphatic heterocycles. The SMILES string of the molecule is CN1CCC(NC(=O)c2cnccc2N)C1. The number of aromatic nitrogens is 1. The maximum absolute atomic E-state index is 11.9. The average Bonchev–Trinajstić information content (AvgIpc) is 2.64. The van der Waals surface area contributed by atoms with Crippen molar-refractivity contribution in [2.75, 3.05) is 25.9 Å². The van der Waals surface area contributed by atoms with Crippen LogP contribution < -0.4 is 11.1 Å². The first-order chi connectivity index (χ1) is 7.66. The van der Waals surface area contributed by atoms with Gasteiger partial charge in [0.2, 0.25) is 0 Å². The van der Waals surface area contributed by atoms with Crippen LogP contribution in [0, 0.1) is 0 Å². The van der Waals surface area contributed by atoms with Crippen LogP contribution in [0.1, 0.15) is 16.8 Å². The highest BCUT2D eigenvalue weighted by Crippen LogP contribution is 2.11. The van der Waals surface area contributed by atoms with Crippen LogP contribution in [0.25, 0.3) is 0 Å². The van der Waals surface area contributed by atoms with Gasteiger partial charge in [-0.1, -0.05) is 0 Å². The van der Waals surface area contributed by atoms with E-state index in [4.69, 9.17) is 5.73 Å². The molecule has 3 N–H and O–H groups in total. The van der Waals surface area contributed by atoms with Crippen LogP contribution in [-0.2, 0) is 0 Å². The largest absolute Gasteiger partial charge is 0.398 e. The van der Waals surface area contributed by atoms with E-state index in [1.807, 2.05) is 7.05 Å². The third kappa shape index (κ3) is 2.30. The third-order valence-corrected chi connectivity index (χ3v) is 2.83. The van der Waals surface area contributed by atoms with E-state index in [1.165, 1.54) is 6.20 Å². The van der Waals surface area contributed by atoms with Crippen LogP contribution in [0.15, 0.2) is 18.5 Å². The molecule has 1 aromatic rings. The third-order valence-electron chi connectivity index (χ3n) is 2.83. The Bertz CT molecular complexity index is 393. The molecule has 0 spiro atoms. The number of amides is 1. The van der Waals surface area contributed by atoms with Crippen molar-refractivity contribution in [3.05, 3.63) is 24.0 Å². The summed E-state index contributed by atoms with van der Waals surface area (Å²) in [7, 11) is 2.05. The fourth-order valence-electron chi connectivity index (χ4n) is 1.91. The van der Waals surface area contributed by atoms with Gasteiger partial charge in [0.15, 0.2) is 0 Å². The molecule has 16 heavy (non-hydrogen) atoms. The molecule has 1 aliphatic rings. The minimum absolute atomic E-state index is 0.133. The molecule has 0 aliphatic carbocycles. The Hall–Kier alpha value is -1.62. The number of nitrogens with one attached hydrogen (secondary N) is 1. The molecular formula is C11H16N4O. The first-order valence-electron chi connectivity index (χ1n) is 5.35. The van der Waals surface area contributed by atoms with Crippen LogP contribution >= 0.6 is 0 Å². The Morgan fingerprint density at radius 3 is 3.12 bits per heavy atom. The van der Waals surface area contributed by atoms with Gasteiger partial charge in [-0.25, -0.2) is 0 Å². The highest BCUT2D eigenvalue weighted by atomic mass is 16.1. The first-order valence-corrected chi connectivity index (χ1v) is 5.35. The molecule has 5 heteroatoms. The Morgan fingerprint density at radius 2 is 2.50 bits per heavy atom. The standard InChI is InChI=1S/C11H16N4O/c1-15-5-3-8(7-15)14-11(16)9-6-13-4-2-10(9)12/h2,4,6,8H,3,5,7H2,1H3,(H2,12,13)(H,14,16). The van der Waals surface area contributed by atoms with Crippen LogP contribution in [0.3, 0.4) is 0 Å². The summed E-state index contributed by atoms with van der Waals surface area (Å²) < 4.78 is 0. The maximum Gasteiger partial charge on any atom is 0.255 e. The van der Waals surface area contributed by atoms with E-state index in [1.54, 1.807) is 12.3 Å². The number of pyridine rings is 1. The second-order valence-corrected chi connectivity index (χ2v) is 4.18. The lowest BCUT2D eigenvalue weighted by atomic mass is 10.2. The molecular weight excluding hydrogens is 204 g/mol. The molecule has 0 bridgehead atoms. The van der Waals surface area contributed by atoms with E-state index in [9.17, 15) is 4.79 Å². The highest BCUT2D eigenvalue weighted by molar-refractivity contribution is 5.98. The molecule has 1 amide bonds. The van der Waals surface area contributed by atoms with Crippen molar-refractivity contribution in [2.24, 2.45) is 0 Å². The summed E-state index contributed by atoms with van der Waals surface area (Å²) in [4.78, 5) is 18.0. The zero-order valence-corrected chi connectivity index (χ0v) is 9.31. The van der Waals surface area contributed by atoms with E-state index >= 15 is 0 Å². The molecule has 1 fully saturated rings. The smallest absolute Gasteiger partial charge is 0.255 e. The molecule has 1 saturated heterocycles. The average molecular weight is 220 g/mol. The summed E-state index contributed by atoms with van der Waals surface area (Å²) >= 11 is 0. The van der Waals surface area contributed by atoms with E-state index in [0.29, 0.717) is 11.3 Å². The number of hydrogen-bond donors (Lipinski definition) is 2. The minimum Gasteiger partial charge on any atom is -0.398 e. The topological polar surface area (TPSA) is 71.2 Å². The number of likely N-dealkylation sites (N-methyl/N-ethyl adjacent to an activating group) is 1. The summed E-state index contributed by atoms with van der Waals surface area (Å²) in [5.41, 5.74) is 6.64. The van der Waals surface area contributed by atoms with E-state index in [-0.39, 0.29) is 11.9 Å². The van der Waals surface area contributed by atoms with Crippen molar-refractivity contribution in [2.45, 2.75) is 12.5 Å². The highest BCUT2D eigenvalue weighted by Gasteiger charge is 2.22. The van der Waals surface area contributed by atoms with E-state index in [0.717, 1.165) is 19.5 Å². The van der Waals surface area contributed by atoms with Gasteiger partial charge in [-0.05, 0) is 26.1 Å². The fourth-order valence-corrected chi connectivity index (χ4v) is 1.91. The van der Waals surface area contributed by atoms with Gasteiger partial charge in [0, 0.05) is 30.7 Å². The molecule has 2 rings (SSSR count). The summed E-state index contributed by atoms with van der Waals surface area (Å²) in [6, 6.07) is 1.85. The van der Waals surface area contributed by atoms with Crippen LogP contribution in [0.4, 0.5) is 5.69 Å². The Kier molecular flexibility index (Phi) is 3.05. The monoisotopic (exact) mass is 220 g/mol. The predicted molar refractivity (Wildman–Crippen MR) is 62.0 cm³/mol. The molecule has 0 aromatic carbocycles. The number of likely N-dealkylation sites (tertiary alicyclic amines) is 1. The zero-order valence-electron chi connectivity index (χ0n) is 9.31. The number of rotatable bonds is 2. The Morgan fingerprint density at radius 1 is 1.69 bits per heavy atom. The Labute approximate surface area is 94.6 Å². The molecule has 86 valence electrons. The number of anilines is 1. The van der Waals surface area contributed by atoms with Gasteiger partial charge in [0.1, 0.15) is 0 Å². The maximum atomic E-state index is 11.9. The van der Waals surface area contributed by atoms with Crippen molar-refractivity contribution in [1.29, 1.82) is 0 Å². The van der Waals surface area contributed by atoms with Gasteiger partial charge in [-0.2, -0.15) is 0 Å². The van der Waals surface area contributed by atoms with Crippen molar-refractivity contribution < 1.29 is 4.79 Å². The quantitative estimate of drug-likeness (QED) is 0.741. The summed E-state index contributed by atoms with van der Waals surface area (Å²) in [6.07, 6.45) is 4.07. The van der Waals surface area contributed by atoms with Crippen LogP contribution in [-0.4, -0.2) is 42.0 Å². The second-order valence-electron chi connectivity index (χ2n) is 4.18. The van der Waals surface area contributed by atoms with Crippen LogP contribution in [0.5, 0.6) is 0 Å². The molecule has 5 nitrogen and oxygen atoms in total. The molecule has 0 saturated carbocycles. The second kappa shape index (κ2) is 4.49. The number of nitrogen functional groups attached to an aromatic ring is 1. The lowest BCUT2D eigenvalue weighted by Gasteiger charge is -2.13.